The lowest BCUT2D eigenvalue weighted by atomic mass is 10.1. The molecule has 20 heteroatoms. The number of ether oxygens (including phenoxy) is 3. The molecule has 0 fully saturated rings. The lowest BCUT2D eigenvalue weighted by Crippen LogP contribution is -2.64. The van der Waals surface area contributed by atoms with Crippen LogP contribution in [0.2, 0.25) is 0 Å². The van der Waals surface area contributed by atoms with E-state index >= 15 is 0 Å². The van der Waals surface area contributed by atoms with Gasteiger partial charge in [0.25, 0.3) is 0 Å². The molecule has 0 spiro atoms. The van der Waals surface area contributed by atoms with Crippen LogP contribution < -0.4 is 0 Å². The third-order valence-corrected chi connectivity index (χ3v) is 3.00. The van der Waals surface area contributed by atoms with Crippen LogP contribution in [-0.2, 0) is 14.2 Å². The molecule has 0 aromatic heterocycles. The summed E-state index contributed by atoms with van der Waals surface area (Å²) >= 11 is 0. The van der Waals surface area contributed by atoms with Gasteiger partial charge in [-0.3, -0.25) is 0 Å². The average molecular weight is 522 g/mol. The van der Waals surface area contributed by atoms with Gasteiger partial charge < -0.3 is 9.84 Å². The third kappa shape index (κ3) is 6.86. The summed E-state index contributed by atoms with van der Waals surface area (Å²) in [5, 5.41) is 8.29. The number of hydrogen-bond acceptors (Lipinski definition) is 4. The zero-order valence-corrected chi connectivity index (χ0v) is 14.6. The normalized spacial score (nSPS) is 16.4. The second-order valence-electron chi connectivity index (χ2n) is 5.66. The third-order valence-electron chi connectivity index (χ3n) is 3.00. The molecule has 0 rings (SSSR count). The van der Waals surface area contributed by atoms with Gasteiger partial charge in [-0.05, 0) is 0 Å². The molecule has 0 heterocycles. The first-order chi connectivity index (χ1) is 13.9. The molecule has 0 saturated carbocycles. The molecular weight excluding hydrogens is 512 g/mol. The van der Waals surface area contributed by atoms with Gasteiger partial charge in [-0.15, -0.1) is 0 Å². The van der Waals surface area contributed by atoms with Crippen LogP contribution in [0.25, 0.3) is 0 Å². The Hall–Kier alpha value is -1.28. The highest BCUT2D eigenvalue weighted by Gasteiger charge is 2.85. The van der Waals surface area contributed by atoms with Gasteiger partial charge in [0.15, 0.2) is 0 Å². The molecule has 1 atom stereocenters. The van der Waals surface area contributed by atoms with Crippen molar-refractivity contribution in [3.63, 3.8) is 0 Å². The van der Waals surface area contributed by atoms with Crippen molar-refractivity contribution >= 4 is 0 Å². The Morgan fingerprint density at radius 3 is 1.47 bits per heavy atom. The maximum absolute atomic E-state index is 13.1. The fourth-order valence-electron chi connectivity index (χ4n) is 1.45. The summed E-state index contributed by atoms with van der Waals surface area (Å²) in [5.41, 5.74) is 0. The zero-order valence-electron chi connectivity index (χ0n) is 14.6. The quantitative estimate of drug-likeness (QED) is 0.348. The zero-order chi connectivity index (χ0) is 26.0. The van der Waals surface area contributed by atoms with Crippen LogP contribution in [0, 0.1) is 0 Å². The molecule has 0 bridgehead atoms. The lowest BCUT2D eigenvalue weighted by molar-refractivity contribution is -0.543. The van der Waals surface area contributed by atoms with Gasteiger partial charge in [0.1, 0.15) is 12.8 Å². The summed E-state index contributed by atoms with van der Waals surface area (Å²) in [6.07, 6.45) is -38.2. The summed E-state index contributed by atoms with van der Waals surface area (Å²) in [6.45, 7) is -4.71. The van der Waals surface area contributed by atoms with Crippen LogP contribution in [0.1, 0.15) is 6.42 Å². The van der Waals surface area contributed by atoms with Crippen molar-refractivity contribution in [1.82, 2.24) is 0 Å². The predicted molar refractivity (Wildman–Crippen MR) is 65.3 cm³/mol. The number of aliphatic hydroxyl groups excluding tert-OH is 1. The van der Waals surface area contributed by atoms with Gasteiger partial charge in [-0.25, -0.2) is 13.9 Å². The van der Waals surface area contributed by atoms with E-state index in [-0.39, 0.29) is 0 Å². The summed E-state index contributed by atoms with van der Waals surface area (Å²) in [6, 6.07) is 0. The largest absolute Gasteiger partial charge is 0.460 e. The van der Waals surface area contributed by atoms with E-state index in [0.717, 1.165) is 0 Å². The van der Waals surface area contributed by atoms with Crippen molar-refractivity contribution in [2.75, 3.05) is 19.8 Å². The maximum Gasteiger partial charge on any atom is 0.460 e. The van der Waals surface area contributed by atoms with E-state index in [1.165, 1.54) is 4.74 Å². The van der Waals surface area contributed by atoms with E-state index in [2.05, 4.69) is 9.47 Å². The topological polar surface area (TPSA) is 47.9 Å². The van der Waals surface area contributed by atoms with Crippen molar-refractivity contribution in [3.05, 3.63) is 0 Å². The summed E-state index contributed by atoms with van der Waals surface area (Å²) < 4.78 is 211. The van der Waals surface area contributed by atoms with Gasteiger partial charge in [-0.1, -0.05) is 0 Å². The minimum atomic E-state index is -7.94. The second-order valence-corrected chi connectivity index (χ2v) is 5.66. The number of halogens is 16. The van der Waals surface area contributed by atoms with E-state index in [1.54, 1.807) is 0 Å². The van der Waals surface area contributed by atoms with Crippen LogP contribution in [0.4, 0.5) is 70.2 Å². The smallest absolute Gasteiger partial charge is 0.396 e. The molecule has 0 amide bonds. The highest BCUT2D eigenvalue weighted by atomic mass is 19.4. The molecule has 0 aliphatic heterocycles. The highest BCUT2D eigenvalue weighted by Crippen LogP contribution is 2.55. The fourth-order valence-corrected chi connectivity index (χ4v) is 1.45. The molecule has 0 radical (unpaired) electrons. The lowest BCUT2D eigenvalue weighted by Gasteiger charge is -2.36. The van der Waals surface area contributed by atoms with E-state index < -0.39 is 74.9 Å². The Kier molecular flexibility index (Phi) is 9.15. The standard InChI is InChI=1S/C12H10F16O4/c13-5(1-2-29)3-30-4-6(14,15)31-11(25,26)12(27,28)32-10(23,24)8(18,19)7(16,17)9(20,21)22/h5,29H,1-4H2. The van der Waals surface area contributed by atoms with E-state index in [1.807, 2.05) is 0 Å². The minimum absolute atomic E-state index is 0.722. The van der Waals surface area contributed by atoms with Crippen LogP contribution in [0.3, 0.4) is 0 Å². The highest BCUT2D eigenvalue weighted by molar-refractivity contribution is 4.97. The Morgan fingerprint density at radius 1 is 0.625 bits per heavy atom. The molecule has 32 heavy (non-hydrogen) atoms. The van der Waals surface area contributed by atoms with Crippen LogP contribution in [-0.4, -0.2) is 73.6 Å². The molecule has 0 saturated heterocycles. The van der Waals surface area contributed by atoms with Crippen LogP contribution >= 0.6 is 0 Å². The first-order valence-corrected chi connectivity index (χ1v) is 7.43. The van der Waals surface area contributed by atoms with Crippen molar-refractivity contribution < 1.29 is 89.6 Å². The molecule has 1 N–H and O–H groups in total. The molecule has 0 aromatic carbocycles. The number of hydrogen-bond donors (Lipinski definition) is 1. The Morgan fingerprint density at radius 2 is 1.06 bits per heavy atom. The Labute approximate surface area is 166 Å². The Balaban J connectivity index is 5.53. The molecule has 0 aliphatic carbocycles. The maximum atomic E-state index is 13.1. The number of rotatable bonds is 13. The predicted octanol–water partition coefficient (Wildman–Crippen LogP) is 4.96. The van der Waals surface area contributed by atoms with Gasteiger partial charge in [0, 0.05) is 13.0 Å². The van der Waals surface area contributed by atoms with Crippen molar-refractivity contribution in [3.8, 4) is 0 Å². The van der Waals surface area contributed by atoms with E-state index in [4.69, 9.17) is 5.11 Å². The molecule has 4 nitrogen and oxygen atoms in total. The monoisotopic (exact) mass is 522 g/mol. The van der Waals surface area contributed by atoms with Gasteiger partial charge in [0.2, 0.25) is 0 Å². The van der Waals surface area contributed by atoms with Crippen molar-refractivity contribution in [2.24, 2.45) is 0 Å². The number of alkyl halides is 16. The Bertz CT molecular complexity index is 604. The molecular formula is C12H10F16O4. The number of aliphatic hydroxyl groups is 1. The SMILES string of the molecule is OCCC(F)COCC(F)(F)OC(F)(F)C(F)(F)OC(F)(F)C(F)(F)C(F)(F)C(F)(F)F. The molecule has 1 unspecified atom stereocenters. The molecule has 0 aromatic rings. The first kappa shape index (κ1) is 30.7. The van der Waals surface area contributed by atoms with Crippen molar-refractivity contribution in [2.45, 2.75) is 55.0 Å². The van der Waals surface area contributed by atoms with E-state index in [9.17, 15) is 70.2 Å². The second kappa shape index (κ2) is 9.53. The molecule has 0 aliphatic rings. The fraction of sp³-hybridized carbons (Fsp3) is 1.00. The van der Waals surface area contributed by atoms with E-state index in [0.29, 0.717) is 0 Å². The van der Waals surface area contributed by atoms with Crippen LogP contribution in [0.5, 0.6) is 0 Å². The summed E-state index contributed by atoms with van der Waals surface area (Å²) in [7, 11) is 0. The molecule has 194 valence electrons. The van der Waals surface area contributed by atoms with Crippen molar-refractivity contribution in [1.29, 1.82) is 0 Å². The summed E-state index contributed by atoms with van der Waals surface area (Å²) in [4.78, 5) is 0. The summed E-state index contributed by atoms with van der Waals surface area (Å²) in [5.74, 6) is -15.8. The van der Waals surface area contributed by atoms with Gasteiger partial charge in [-0.2, -0.15) is 65.9 Å². The van der Waals surface area contributed by atoms with Crippen LogP contribution in [0.15, 0.2) is 0 Å². The van der Waals surface area contributed by atoms with Gasteiger partial charge >= 0.3 is 42.5 Å². The average Bonchev–Trinajstić information content (AvgIpc) is 2.51. The minimum Gasteiger partial charge on any atom is -0.396 e. The van der Waals surface area contributed by atoms with Gasteiger partial charge in [0.05, 0.1) is 6.61 Å². The first-order valence-electron chi connectivity index (χ1n) is 7.43.